The molecule has 0 unspecified atom stereocenters. The maximum atomic E-state index is 12.5. The van der Waals surface area contributed by atoms with Gasteiger partial charge in [0.25, 0.3) is 9.84 Å². The molecule has 1 fully saturated rings. The Kier molecular flexibility index (Phi) is 5.13. The van der Waals surface area contributed by atoms with Gasteiger partial charge in [-0.2, -0.15) is 26.3 Å². The minimum Gasteiger partial charge on any atom is -0.328 e. The summed E-state index contributed by atoms with van der Waals surface area (Å²) < 4.78 is 96.6. The Morgan fingerprint density at radius 3 is 2.04 bits per heavy atom. The highest BCUT2D eigenvalue weighted by Crippen LogP contribution is 2.32. The van der Waals surface area contributed by atoms with Gasteiger partial charge in [0.2, 0.25) is 0 Å². The molecule has 0 saturated carbocycles. The van der Waals surface area contributed by atoms with Gasteiger partial charge in [-0.25, -0.2) is 18.0 Å². The second-order valence-electron chi connectivity index (χ2n) is 4.87. The van der Waals surface area contributed by atoms with E-state index in [4.69, 9.17) is 12.2 Å². The Bertz CT molecular complexity index is 894. The van der Waals surface area contributed by atoms with E-state index in [9.17, 15) is 44.3 Å². The minimum absolute atomic E-state index is 0.0124. The zero-order valence-electron chi connectivity index (χ0n) is 12.5. The van der Waals surface area contributed by atoms with Gasteiger partial charge >= 0.3 is 23.7 Å². The van der Waals surface area contributed by atoms with Crippen LogP contribution in [0.25, 0.3) is 0 Å². The molecule has 2 amide bonds. The highest BCUT2D eigenvalue weighted by atomic mass is 32.2. The van der Waals surface area contributed by atoms with Crippen molar-refractivity contribution in [1.82, 2.24) is 5.06 Å². The van der Waals surface area contributed by atoms with Gasteiger partial charge in [-0.1, -0.05) is 12.2 Å². The fourth-order valence-electron chi connectivity index (χ4n) is 1.86. The average molecular weight is 436 g/mol. The summed E-state index contributed by atoms with van der Waals surface area (Å²) in [5, 5.41) is 0.0124. The molecule has 1 saturated heterocycles. The van der Waals surface area contributed by atoms with Gasteiger partial charge in [-0.05, 0) is 24.3 Å². The number of rotatable bonds is 3. The Morgan fingerprint density at radius 2 is 1.59 bits per heavy atom. The summed E-state index contributed by atoms with van der Waals surface area (Å²) in [6, 6.07) is 1.34. The van der Waals surface area contributed by atoms with Gasteiger partial charge in [0, 0.05) is 0 Å². The molecule has 2 rings (SSSR count). The van der Waals surface area contributed by atoms with E-state index in [-0.39, 0.29) is 15.7 Å². The van der Waals surface area contributed by atoms with Crippen molar-refractivity contribution in [1.29, 1.82) is 0 Å². The maximum Gasteiger partial charge on any atom is 0.501 e. The van der Waals surface area contributed by atoms with E-state index >= 15 is 0 Å². The minimum atomic E-state index is -5.63. The van der Waals surface area contributed by atoms with Crippen molar-refractivity contribution in [2.75, 3.05) is 11.4 Å². The van der Waals surface area contributed by atoms with Crippen LogP contribution in [-0.4, -0.2) is 48.7 Å². The fraction of sp³-hybridized carbons (Fsp3) is 0.250. The summed E-state index contributed by atoms with van der Waals surface area (Å²) in [6.07, 6.45) is -5.37. The maximum absolute atomic E-state index is 12.5. The molecule has 1 heterocycles. The number of sulfone groups is 1. The SMILES string of the molecule is O=C1N(OC(=O)C(F)(F)F)CC(=S)N1c1ccc(S(=O)(=O)C(F)(F)F)cc1. The van der Waals surface area contributed by atoms with E-state index in [0.29, 0.717) is 17.0 Å². The molecule has 1 aromatic rings. The molecule has 1 aliphatic heterocycles. The Morgan fingerprint density at radius 1 is 1.07 bits per heavy atom. The van der Waals surface area contributed by atoms with Crippen molar-refractivity contribution in [3.05, 3.63) is 24.3 Å². The largest absolute Gasteiger partial charge is 0.501 e. The predicted octanol–water partition coefficient (Wildman–Crippen LogP) is 2.57. The monoisotopic (exact) mass is 436 g/mol. The second kappa shape index (κ2) is 6.63. The van der Waals surface area contributed by atoms with Crippen molar-refractivity contribution >= 4 is 44.7 Å². The summed E-state index contributed by atoms with van der Waals surface area (Å²) in [6.45, 7) is -0.710. The van der Waals surface area contributed by atoms with Crippen LogP contribution in [0.3, 0.4) is 0 Å². The molecule has 0 aromatic heterocycles. The number of halogens is 6. The zero-order chi connectivity index (χ0) is 20.8. The van der Waals surface area contributed by atoms with Crippen LogP contribution in [0.15, 0.2) is 29.2 Å². The summed E-state index contributed by atoms with van der Waals surface area (Å²) in [7, 11) is -5.63. The Labute approximate surface area is 152 Å². The summed E-state index contributed by atoms with van der Waals surface area (Å²) in [5.41, 5.74) is -5.78. The zero-order valence-corrected chi connectivity index (χ0v) is 14.2. The molecular weight excluding hydrogens is 430 g/mol. The molecule has 15 heteroatoms. The van der Waals surface area contributed by atoms with Crippen molar-refractivity contribution < 1.29 is 49.2 Å². The van der Waals surface area contributed by atoms with E-state index in [1.807, 2.05) is 0 Å². The van der Waals surface area contributed by atoms with Gasteiger partial charge in [-0.15, -0.1) is 5.06 Å². The van der Waals surface area contributed by atoms with Crippen LogP contribution in [-0.2, 0) is 19.5 Å². The molecule has 0 atom stereocenters. The Hall–Kier alpha value is -2.42. The number of alkyl halides is 6. The van der Waals surface area contributed by atoms with E-state index in [1.165, 1.54) is 0 Å². The van der Waals surface area contributed by atoms with Crippen LogP contribution in [0, 0.1) is 0 Å². The number of hydrogen-bond donors (Lipinski definition) is 0. The lowest BCUT2D eigenvalue weighted by atomic mass is 10.3. The third-order valence-corrected chi connectivity index (χ3v) is 4.88. The van der Waals surface area contributed by atoms with Crippen LogP contribution in [0.5, 0.6) is 0 Å². The lowest BCUT2D eigenvalue weighted by Crippen LogP contribution is -2.38. The summed E-state index contributed by atoms with van der Waals surface area (Å²) in [5.74, 6) is -2.67. The summed E-state index contributed by atoms with van der Waals surface area (Å²) in [4.78, 5) is 25.8. The first-order valence-electron chi connectivity index (χ1n) is 6.51. The number of nitrogens with zero attached hydrogens (tertiary/aromatic N) is 2. The normalized spacial score (nSPS) is 16.1. The standard InChI is InChI=1S/C12H6F6N2O5S2/c13-11(14,15)9(21)25-19-5-8(26)20(10(19)22)6-1-3-7(4-2-6)27(23,24)12(16,17)18/h1-4H,5H2. The highest BCUT2D eigenvalue weighted by Gasteiger charge is 2.48. The number of hydrogen-bond acceptors (Lipinski definition) is 6. The first-order valence-corrected chi connectivity index (χ1v) is 8.40. The number of carbonyl (C=O) groups excluding carboxylic acids is 2. The van der Waals surface area contributed by atoms with E-state index < -0.39 is 45.0 Å². The molecule has 148 valence electrons. The molecule has 0 N–H and O–H groups in total. The van der Waals surface area contributed by atoms with E-state index in [0.717, 1.165) is 12.1 Å². The molecule has 0 radical (unpaired) electrons. The van der Waals surface area contributed by atoms with Crippen molar-refractivity contribution in [3.8, 4) is 0 Å². The number of amides is 2. The second-order valence-corrected chi connectivity index (χ2v) is 7.28. The van der Waals surface area contributed by atoms with Crippen molar-refractivity contribution in [2.24, 2.45) is 0 Å². The summed E-state index contributed by atoms with van der Waals surface area (Å²) >= 11 is 4.78. The van der Waals surface area contributed by atoms with Crippen LogP contribution < -0.4 is 4.90 Å². The molecule has 27 heavy (non-hydrogen) atoms. The van der Waals surface area contributed by atoms with E-state index in [1.54, 1.807) is 0 Å². The number of benzene rings is 1. The lowest BCUT2D eigenvalue weighted by molar-refractivity contribution is -0.225. The van der Waals surface area contributed by atoms with Gasteiger partial charge in [-0.3, -0.25) is 4.90 Å². The molecule has 1 aromatic carbocycles. The van der Waals surface area contributed by atoms with Crippen LogP contribution in [0.2, 0.25) is 0 Å². The average Bonchev–Trinajstić information content (AvgIpc) is 2.79. The van der Waals surface area contributed by atoms with Gasteiger partial charge < -0.3 is 4.84 Å². The number of carbonyl (C=O) groups is 2. The molecule has 0 aliphatic carbocycles. The van der Waals surface area contributed by atoms with Gasteiger partial charge in [0.05, 0.1) is 10.6 Å². The number of anilines is 1. The smallest absolute Gasteiger partial charge is 0.328 e. The Balaban J connectivity index is 2.25. The van der Waals surface area contributed by atoms with Gasteiger partial charge in [0.1, 0.15) is 11.5 Å². The predicted molar refractivity (Wildman–Crippen MR) is 79.0 cm³/mol. The third kappa shape index (κ3) is 3.97. The fourth-order valence-corrected chi connectivity index (χ4v) is 2.93. The van der Waals surface area contributed by atoms with Crippen LogP contribution in [0.4, 0.5) is 36.8 Å². The molecule has 7 nitrogen and oxygen atoms in total. The lowest BCUT2D eigenvalue weighted by Gasteiger charge is -2.18. The number of thiocarbonyl (C=S) groups is 1. The van der Waals surface area contributed by atoms with Gasteiger partial charge in [0.15, 0.2) is 0 Å². The first kappa shape index (κ1) is 20.9. The van der Waals surface area contributed by atoms with Crippen LogP contribution in [0.1, 0.15) is 0 Å². The van der Waals surface area contributed by atoms with Crippen molar-refractivity contribution in [2.45, 2.75) is 16.6 Å². The molecule has 0 bridgehead atoms. The highest BCUT2D eigenvalue weighted by molar-refractivity contribution is 7.92. The molecule has 0 spiro atoms. The van der Waals surface area contributed by atoms with Crippen LogP contribution >= 0.6 is 12.2 Å². The number of urea groups is 1. The molecule has 1 aliphatic rings. The molecular formula is C12H6F6N2O5S2. The third-order valence-electron chi connectivity index (χ3n) is 3.07. The van der Waals surface area contributed by atoms with Crippen molar-refractivity contribution in [3.63, 3.8) is 0 Å². The first-order chi connectivity index (χ1) is 12.2. The number of hydroxylamine groups is 2. The topological polar surface area (TPSA) is 84.0 Å². The quantitative estimate of drug-likeness (QED) is 0.535. The van der Waals surface area contributed by atoms with E-state index in [2.05, 4.69) is 4.84 Å².